The van der Waals surface area contributed by atoms with E-state index in [9.17, 15) is 0 Å². The highest BCUT2D eigenvalue weighted by molar-refractivity contribution is 4.81. The lowest BCUT2D eigenvalue weighted by Gasteiger charge is -2.22. The van der Waals surface area contributed by atoms with Crippen LogP contribution < -0.4 is 5.32 Å². The van der Waals surface area contributed by atoms with E-state index in [-0.39, 0.29) is 6.10 Å². The molecule has 1 unspecified atom stereocenters. The summed E-state index contributed by atoms with van der Waals surface area (Å²) in [5, 5.41) is 14.9. The zero-order valence-corrected chi connectivity index (χ0v) is 10.1. The molecule has 1 aromatic rings. The summed E-state index contributed by atoms with van der Waals surface area (Å²) in [6, 6.07) is 0. The second-order valence-corrected chi connectivity index (χ2v) is 4.02. The summed E-state index contributed by atoms with van der Waals surface area (Å²) in [6.45, 7) is 6.37. The van der Waals surface area contributed by atoms with Crippen LogP contribution in [0.3, 0.4) is 0 Å². The lowest BCUT2D eigenvalue weighted by atomic mass is 10.3. The predicted molar refractivity (Wildman–Crippen MR) is 60.4 cm³/mol. The van der Waals surface area contributed by atoms with Crippen molar-refractivity contribution in [3.05, 3.63) is 5.82 Å². The molecule has 0 spiro atoms. The molecule has 1 fully saturated rings. The smallest absolute Gasteiger partial charge is 0.165 e. The van der Waals surface area contributed by atoms with E-state index in [4.69, 9.17) is 9.47 Å². The zero-order valence-electron chi connectivity index (χ0n) is 10.1. The van der Waals surface area contributed by atoms with E-state index < -0.39 is 0 Å². The second kappa shape index (κ2) is 6.63. The molecule has 1 aromatic heterocycles. The third-order valence-electron chi connectivity index (χ3n) is 2.58. The average Bonchev–Trinajstić information content (AvgIpc) is 2.79. The summed E-state index contributed by atoms with van der Waals surface area (Å²) in [4.78, 5) is 0. The molecule has 2 rings (SSSR count). The van der Waals surface area contributed by atoms with Gasteiger partial charge < -0.3 is 14.8 Å². The second-order valence-electron chi connectivity index (χ2n) is 4.02. The van der Waals surface area contributed by atoms with Crippen molar-refractivity contribution in [3.63, 3.8) is 0 Å². The summed E-state index contributed by atoms with van der Waals surface area (Å²) in [6.07, 6.45) is 1.15. The fourth-order valence-corrected chi connectivity index (χ4v) is 1.70. The Morgan fingerprint density at radius 3 is 3.18 bits per heavy atom. The Hall–Kier alpha value is -1.05. The third kappa shape index (κ3) is 3.72. The normalized spacial score (nSPS) is 20.6. The van der Waals surface area contributed by atoms with Crippen LogP contribution in [0.1, 0.15) is 19.2 Å². The van der Waals surface area contributed by atoms with E-state index in [1.54, 1.807) is 4.68 Å². The first-order chi connectivity index (χ1) is 8.40. The van der Waals surface area contributed by atoms with Gasteiger partial charge in [-0.15, -0.1) is 5.10 Å². The van der Waals surface area contributed by atoms with Crippen LogP contribution in [0.4, 0.5) is 0 Å². The minimum Gasteiger partial charge on any atom is -0.376 e. The number of aromatic nitrogens is 4. The SMILES string of the molecule is CCCNCc1nnnn1CC1COCCO1. The molecule has 0 radical (unpaired) electrons. The maximum Gasteiger partial charge on any atom is 0.165 e. The molecule has 0 saturated carbocycles. The van der Waals surface area contributed by atoms with Crippen molar-refractivity contribution >= 4 is 0 Å². The van der Waals surface area contributed by atoms with Crippen molar-refractivity contribution < 1.29 is 9.47 Å². The van der Waals surface area contributed by atoms with E-state index in [2.05, 4.69) is 27.8 Å². The summed E-state index contributed by atoms with van der Waals surface area (Å²) < 4.78 is 12.7. The summed E-state index contributed by atoms with van der Waals surface area (Å²) in [7, 11) is 0. The molecule has 96 valence electrons. The van der Waals surface area contributed by atoms with Gasteiger partial charge in [0.1, 0.15) is 6.10 Å². The van der Waals surface area contributed by atoms with Crippen LogP contribution in [0.2, 0.25) is 0 Å². The van der Waals surface area contributed by atoms with Crippen molar-refractivity contribution in [3.8, 4) is 0 Å². The molecule has 17 heavy (non-hydrogen) atoms. The molecule has 7 heteroatoms. The number of nitrogens with zero attached hydrogens (tertiary/aromatic N) is 4. The third-order valence-corrected chi connectivity index (χ3v) is 2.58. The van der Waals surface area contributed by atoms with Crippen LogP contribution >= 0.6 is 0 Å². The summed E-state index contributed by atoms with van der Waals surface area (Å²) >= 11 is 0. The zero-order chi connectivity index (χ0) is 11.9. The van der Waals surface area contributed by atoms with Crippen molar-refractivity contribution in [1.29, 1.82) is 0 Å². The highest BCUT2D eigenvalue weighted by Crippen LogP contribution is 2.04. The lowest BCUT2D eigenvalue weighted by molar-refractivity contribution is -0.0950. The van der Waals surface area contributed by atoms with Crippen LogP contribution in [-0.2, 0) is 22.6 Å². The van der Waals surface area contributed by atoms with Gasteiger partial charge in [-0.25, -0.2) is 4.68 Å². The van der Waals surface area contributed by atoms with Crippen molar-refractivity contribution in [2.75, 3.05) is 26.4 Å². The van der Waals surface area contributed by atoms with Gasteiger partial charge in [-0.1, -0.05) is 6.92 Å². The van der Waals surface area contributed by atoms with Gasteiger partial charge in [-0.3, -0.25) is 0 Å². The summed E-state index contributed by atoms with van der Waals surface area (Å²) in [5.74, 6) is 0.840. The molecule has 7 nitrogen and oxygen atoms in total. The van der Waals surface area contributed by atoms with Crippen LogP contribution in [-0.4, -0.2) is 52.7 Å². The standard InChI is InChI=1S/C10H19N5O2/c1-2-3-11-6-10-12-13-14-15(10)7-9-8-16-4-5-17-9/h9,11H,2-8H2,1H3. The monoisotopic (exact) mass is 241 g/mol. The average molecular weight is 241 g/mol. The highest BCUT2D eigenvalue weighted by atomic mass is 16.6. The highest BCUT2D eigenvalue weighted by Gasteiger charge is 2.17. The number of tetrazole rings is 1. The molecule has 0 bridgehead atoms. The van der Waals surface area contributed by atoms with Crippen LogP contribution in [0.15, 0.2) is 0 Å². The van der Waals surface area contributed by atoms with Crippen LogP contribution in [0.25, 0.3) is 0 Å². The topological polar surface area (TPSA) is 74.1 Å². The lowest BCUT2D eigenvalue weighted by Crippen LogP contribution is -2.33. The Morgan fingerprint density at radius 2 is 2.41 bits per heavy atom. The molecule has 1 N–H and O–H groups in total. The Morgan fingerprint density at radius 1 is 1.47 bits per heavy atom. The number of hydrogen-bond acceptors (Lipinski definition) is 6. The number of ether oxygens (including phenoxy) is 2. The first-order valence-corrected chi connectivity index (χ1v) is 6.05. The van der Waals surface area contributed by atoms with Gasteiger partial charge in [0.05, 0.1) is 32.9 Å². The molecule has 1 aliphatic heterocycles. The maximum atomic E-state index is 5.57. The number of nitrogens with one attached hydrogen (secondary N) is 1. The Kier molecular flexibility index (Phi) is 4.84. The molecule has 2 heterocycles. The van der Waals surface area contributed by atoms with Crippen LogP contribution in [0, 0.1) is 0 Å². The Bertz CT molecular complexity index is 324. The van der Waals surface area contributed by atoms with E-state index in [0.29, 0.717) is 32.9 Å². The van der Waals surface area contributed by atoms with Gasteiger partial charge in [0.25, 0.3) is 0 Å². The number of rotatable bonds is 6. The molecule has 0 aromatic carbocycles. The molecule has 1 saturated heterocycles. The van der Waals surface area contributed by atoms with E-state index in [1.807, 2.05) is 0 Å². The fraction of sp³-hybridized carbons (Fsp3) is 0.900. The van der Waals surface area contributed by atoms with E-state index in [0.717, 1.165) is 18.8 Å². The maximum absolute atomic E-state index is 5.57. The van der Waals surface area contributed by atoms with E-state index in [1.165, 1.54) is 0 Å². The largest absolute Gasteiger partial charge is 0.376 e. The fourth-order valence-electron chi connectivity index (χ4n) is 1.70. The van der Waals surface area contributed by atoms with Crippen molar-refractivity contribution in [2.24, 2.45) is 0 Å². The molecular formula is C10H19N5O2. The molecule has 1 atom stereocenters. The van der Waals surface area contributed by atoms with Gasteiger partial charge in [0.2, 0.25) is 0 Å². The quantitative estimate of drug-likeness (QED) is 0.682. The molecule has 0 amide bonds. The van der Waals surface area contributed by atoms with Gasteiger partial charge in [-0.2, -0.15) is 0 Å². The molecule has 1 aliphatic rings. The Balaban J connectivity index is 1.84. The van der Waals surface area contributed by atoms with Crippen molar-refractivity contribution in [1.82, 2.24) is 25.5 Å². The van der Waals surface area contributed by atoms with Gasteiger partial charge in [0.15, 0.2) is 5.82 Å². The first-order valence-electron chi connectivity index (χ1n) is 6.05. The van der Waals surface area contributed by atoms with Gasteiger partial charge >= 0.3 is 0 Å². The van der Waals surface area contributed by atoms with Crippen LogP contribution in [0.5, 0.6) is 0 Å². The minimum atomic E-state index is 0.0529. The number of hydrogen-bond donors (Lipinski definition) is 1. The molecular weight excluding hydrogens is 222 g/mol. The predicted octanol–water partition coefficient (Wildman–Crippen LogP) is -0.412. The molecule has 0 aliphatic carbocycles. The van der Waals surface area contributed by atoms with E-state index >= 15 is 0 Å². The van der Waals surface area contributed by atoms with Gasteiger partial charge in [-0.05, 0) is 23.4 Å². The Labute approximate surface area is 100 Å². The van der Waals surface area contributed by atoms with Gasteiger partial charge in [0, 0.05) is 0 Å². The first kappa shape index (κ1) is 12.4. The van der Waals surface area contributed by atoms with Crippen molar-refractivity contribution in [2.45, 2.75) is 32.5 Å². The minimum absolute atomic E-state index is 0.0529. The summed E-state index contributed by atoms with van der Waals surface area (Å²) in [5.41, 5.74) is 0.